The number of hydrogen-bond donors (Lipinski definition) is 0. The Bertz CT molecular complexity index is 5030. The van der Waals surface area contributed by atoms with E-state index in [0.29, 0.717) is 5.69 Å². The van der Waals surface area contributed by atoms with Gasteiger partial charge in [0.05, 0.1) is 56.5 Å². The van der Waals surface area contributed by atoms with Gasteiger partial charge < -0.3 is 18.4 Å². The molecule has 1 spiro atoms. The molecule has 6 heterocycles. The Hall–Kier alpha value is -10.8. The van der Waals surface area contributed by atoms with Gasteiger partial charge in [-0.15, -0.1) is 0 Å². The van der Waals surface area contributed by atoms with Crippen molar-refractivity contribution in [1.82, 2.24) is 23.7 Å². The van der Waals surface area contributed by atoms with Gasteiger partial charge in [0.1, 0.15) is 11.5 Å². The number of nitrogens with zero attached hydrogens (tertiary/aromatic N) is 6. The fourth-order valence-electron chi connectivity index (χ4n) is 13.5. The van der Waals surface area contributed by atoms with E-state index >= 15 is 0 Å². The van der Waals surface area contributed by atoms with Crippen LogP contribution in [0.5, 0.6) is 11.5 Å². The zero-order chi connectivity index (χ0) is 51.9. The van der Waals surface area contributed by atoms with E-state index in [1.807, 2.05) is 36.7 Å². The maximum absolute atomic E-state index is 8.07. The number of pyridine rings is 2. The Morgan fingerprint density at radius 3 is 1.44 bits per heavy atom. The van der Waals surface area contributed by atoms with Crippen molar-refractivity contribution in [3.63, 3.8) is 0 Å². The van der Waals surface area contributed by atoms with E-state index in [0.717, 1.165) is 112 Å². The van der Waals surface area contributed by atoms with Crippen LogP contribution < -0.4 is 4.74 Å². The van der Waals surface area contributed by atoms with Gasteiger partial charge in [0, 0.05) is 73.1 Å². The first-order valence-electron chi connectivity index (χ1n) is 26.7. The van der Waals surface area contributed by atoms with Crippen LogP contribution in [0.4, 0.5) is 5.69 Å². The molecule has 0 bridgehead atoms. The summed E-state index contributed by atoms with van der Waals surface area (Å²) in [4.78, 5) is 14.0. The minimum absolute atomic E-state index is 0.594. The van der Waals surface area contributed by atoms with Crippen LogP contribution in [0.15, 0.2) is 255 Å². The number of aromatic nitrogens is 5. The first-order valence-corrected chi connectivity index (χ1v) is 26.7. The Kier molecular flexibility index (Phi) is 8.99. The van der Waals surface area contributed by atoms with Crippen molar-refractivity contribution in [3.8, 4) is 62.2 Å². The Morgan fingerprint density at radius 1 is 0.354 bits per heavy atom. The van der Waals surface area contributed by atoms with E-state index in [-0.39, 0.29) is 0 Å². The Morgan fingerprint density at radius 2 is 0.823 bits per heavy atom. The molecule has 0 fully saturated rings. The Balaban J connectivity index is 0.835. The van der Waals surface area contributed by atoms with Crippen molar-refractivity contribution in [2.45, 2.75) is 5.41 Å². The van der Waals surface area contributed by atoms with Gasteiger partial charge in [-0.25, -0.2) is 4.85 Å². The summed E-state index contributed by atoms with van der Waals surface area (Å²) in [5, 5.41) is 6.92. The number of para-hydroxylation sites is 5. The lowest BCUT2D eigenvalue weighted by Gasteiger charge is -2.40. The first kappa shape index (κ1) is 43.4. The van der Waals surface area contributed by atoms with Crippen molar-refractivity contribution >= 4 is 71.1 Å². The zero-order valence-corrected chi connectivity index (χ0v) is 42.3. The summed E-state index contributed by atoms with van der Waals surface area (Å²) in [6, 6.07) is 86.8. The second-order valence-corrected chi connectivity index (χ2v) is 20.7. The second kappa shape index (κ2) is 16.3. The van der Waals surface area contributed by atoms with E-state index in [4.69, 9.17) is 21.3 Å². The average Bonchev–Trinajstić information content (AvgIpc) is 4.45. The largest absolute Gasteiger partial charge is 0.456 e. The summed E-state index contributed by atoms with van der Waals surface area (Å²) < 4.78 is 14.4. The SMILES string of the molecule is [C-]#[N+]c1ccc2c(c1)c1cc(-c3cccc4c3Oc3ccc(-c5ccc6c(c5)c5ccccc5n6-c5ccccc5)cc3C43c4cccnc4-c4ncccc43)ccc1n2-c1ccc(-n2c3ccccc3c3ccccc32)cc1. The highest BCUT2D eigenvalue weighted by Gasteiger charge is 2.53. The second-order valence-electron chi connectivity index (χ2n) is 20.7. The molecule has 1 aliphatic heterocycles. The van der Waals surface area contributed by atoms with Crippen molar-refractivity contribution < 1.29 is 4.74 Å². The van der Waals surface area contributed by atoms with Gasteiger partial charge in [-0.05, 0) is 148 Å². The zero-order valence-electron chi connectivity index (χ0n) is 42.3. The third-order valence-electron chi connectivity index (χ3n) is 16.8. The van der Waals surface area contributed by atoms with Crippen LogP contribution in [0.25, 0.3) is 121 Å². The van der Waals surface area contributed by atoms with E-state index in [2.05, 4.69) is 237 Å². The lowest BCUT2D eigenvalue weighted by Crippen LogP contribution is -2.32. The van der Waals surface area contributed by atoms with E-state index < -0.39 is 5.41 Å². The van der Waals surface area contributed by atoms with Crippen molar-refractivity contribution in [2.75, 3.05) is 0 Å². The quantitative estimate of drug-likeness (QED) is 0.161. The van der Waals surface area contributed by atoms with Crippen LogP contribution in [0, 0.1) is 6.57 Å². The van der Waals surface area contributed by atoms with Crippen LogP contribution in [0.2, 0.25) is 0 Å². The van der Waals surface area contributed by atoms with Gasteiger partial charge in [0.2, 0.25) is 0 Å². The molecule has 0 radical (unpaired) electrons. The molecule has 0 N–H and O–H groups in total. The summed E-state index contributed by atoms with van der Waals surface area (Å²) in [6.07, 6.45) is 3.74. The van der Waals surface area contributed by atoms with Gasteiger partial charge in [-0.1, -0.05) is 127 Å². The number of fused-ring (bicyclic) bond motifs is 18. The average molecular weight is 1010 g/mol. The van der Waals surface area contributed by atoms with Crippen LogP contribution in [-0.4, -0.2) is 23.7 Å². The lowest BCUT2D eigenvalue weighted by atomic mass is 9.65. The summed E-state index contributed by atoms with van der Waals surface area (Å²) in [7, 11) is 0. The predicted molar refractivity (Wildman–Crippen MR) is 320 cm³/mol. The molecule has 366 valence electrons. The van der Waals surface area contributed by atoms with Crippen molar-refractivity contribution in [1.29, 1.82) is 0 Å². The molecule has 17 rings (SSSR count). The normalized spacial score (nSPS) is 13.0. The molecule has 15 aromatic rings. The number of hydrogen-bond acceptors (Lipinski definition) is 3. The summed E-state index contributed by atoms with van der Waals surface area (Å²) in [5.41, 5.74) is 19.9. The van der Waals surface area contributed by atoms with E-state index in [1.165, 1.54) is 38.1 Å². The van der Waals surface area contributed by atoms with E-state index in [1.54, 1.807) is 0 Å². The minimum atomic E-state index is -0.814. The highest BCUT2D eigenvalue weighted by molar-refractivity contribution is 6.13. The molecule has 7 nitrogen and oxygen atoms in total. The van der Waals surface area contributed by atoms with Crippen LogP contribution in [0.3, 0.4) is 0 Å². The molecule has 0 atom stereocenters. The minimum Gasteiger partial charge on any atom is -0.456 e. The molecule has 0 amide bonds. The smallest absolute Gasteiger partial charge is 0.188 e. The molecule has 0 saturated heterocycles. The third kappa shape index (κ3) is 6.00. The molecule has 1 aliphatic carbocycles. The van der Waals surface area contributed by atoms with E-state index in [9.17, 15) is 0 Å². The molecular weight excluding hydrogens is 965 g/mol. The molecule has 79 heavy (non-hydrogen) atoms. The van der Waals surface area contributed by atoms with Gasteiger partial charge in [-0.3, -0.25) is 9.97 Å². The molecule has 0 saturated carbocycles. The van der Waals surface area contributed by atoms with Crippen molar-refractivity contribution in [3.05, 3.63) is 289 Å². The molecule has 10 aromatic carbocycles. The van der Waals surface area contributed by atoms with Gasteiger partial charge in [0.25, 0.3) is 0 Å². The topological polar surface area (TPSA) is 54.2 Å². The van der Waals surface area contributed by atoms with Crippen LogP contribution >= 0.6 is 0 Å². The number of ether oxygens (including phenoxy) is 1. The maximum atomic E-state index is 8.07. The highest BCUT2D eigenvalue weighted by Crippen LogP contribution is 2.63. The third-order valence-corrected chi connectivity index (χ3v) is 16.8. The van der Waals surface area contributed by atoms with Gasteiger partial charge in [0.15, 0.2) is 5.69 Å². The van der Waals surface area contributed by atoms with Gasteiger partial charge in [-0.2, -0.15) is 0 Å². The molecule has 0 unspecified atom stereocenters. The number of benzene rings is 10. The van der Waals surface area contributed by atoms with Crippen LogP contribution in [0.1, 0.15) is 22.3 Å². The maximum Gasteiger partial charge on any atom is 0.188 e. The monoisotopic (exact) mass is 1010 g/mol. The summed E-state index contributed by atoms with van der Waals surface area (Å²) in [5.74, 6) is 1.57. The summed E-state index contributed by atoms with van der Waals surface area (Å²) >= 11 is 0. The first-order chi connectivity index (χ1) is 39.1. The predicted octanol–water partition coefficient (Wildman–Crippen LogP) is 18.1. The fraction of sp³-hybridized carbons (Fsp3) is 0.0139. The summed E-state index contributed by atoms with van der Waals surface area (Å²) in [6.45, 7) is 8.07. The van der Waals surface area contributed by atoms with Crippen LogP contribution in [-0.2, 0) is 5.41 Å². The number of rotatable bonds is 5. The van der Waals surface area contributed by atoms with Gasteiger partial charge >= 0.3 is 0 Å². The lowest BCUT2D eigenvalue weighted by molar-refractivity contribution is 0.438. The standard InChI is InChI=1S/C72H42N6O/c1-73-47-29-36-67-57(43-47)56-41-46(27-35-66(56)78(67)50-32-30-49(31-33-50)77-62-23-8-5-16-52(62)53-17-6-9-24-63(53)77)51-19-11-20-60-71(51)79-68-37-28-45(42-61(68)72(60)58-21-12-38-74-69(58)70-59(72)22-13-39-75-70)44-26-34-65-55(40-44)54-18-7-10-25-64(54)76(65)48-14-3-2-4-15-48/h2-43H. The fourth-order valence-corrected chi connectivity index (χ4v) is 13.5. The molecule has 7 heteroatoms. The Labute approximate surface area is 453 Å². The molecule has 5 aromatic heterocycles. The highest BCUT2D eigenvalue weighted by atomic mass is 16.5. The molecular formula is C72H42N6O. The molecule has 2 aliphatic rings. The van der Waals surface area contributed by atoms with Crippen molar-refractivity contribution in [2.24, 2.45) is 0 Å².